The van der Waals surface area contributed by atoms with Gasteiger partial charge in [-0.3, -0.25) is 4.79 Å². The zero-order chi connectivity index (χ0) is 15.7. The molecule has 6 heteroatoms. The molecule has 0 aliphatic carbocycles. The van der Waals surface area contributed by atoms with Gasteiger partial charge in [0, 0.05) is 36.4 Å². The van der Waals surface area contributed by atoms with Gasteiger partial charge in [-0.05, 0) is 48.1 Å². The standard InChI is InChI=1S/C17H18N2OS3/c20-16(19-8-5-17(6-9-19)21-10-11-22-17)14-3-1-2-13(12-14)15-4-7-18-23-15/h1-4,7,12H,5-6,8-11H2. The smallest absolute Gasteiger partial charge is 0.253 e. The number of carbonyl (C=O) groups is 1. The Bertz CT molecular complexity index is 686. The second-order valence-corrected chi connectivity index (χ2v) is 9.91. The summed E-state index contributed by atoms with van der Waals surface area (Å²) in [4.78, 5) is 16.0. The minimum Gasteiger partial charge on any atom is -0.338 e. The van der Waals surface area contributed by atoms with Crippen LogP contribution >= 0.6 is 35.1 Å². The van der Waals surface area contributed by atoms with Gasteiger partial charge in [0.1, 0.15) is 0 Å². The van der Waals surface area contributed by atoms with Gasteiger partial charge in [-0.1, -0.05) is 12.1 Å². The summed E-state index contributed by atoms with van der Waals surface area (Å²) in [5.74, 6) is 2.68. The van der Waals surface area contributed by atoms with Crippen molar-refractivity contribution in [3.05, 3.63) is 42.1 Å². The number of aromatic nitrogens is 1. The molecule has 0 saturated carbocycles. The molecule has 0 unspecified atom stereocenters. The third-order valence-electron chi connectivity index (χ3n) is 4.46. The molecule has 2 saturated heterocycles. The summed E-state index contributed by atoms with van der Waals surface area (Å²) < 4.78 is 4.54. The van der Waals surface area contributed by atoms with E-state index in [-0.39, 0.29) is 5.91 Å². The minimum atomic E-state index is 0.166. The van der Waals surface area contributed by atoms with E-state index in [4.69, 9.17) is 0 Å². The fourth-order valence-corrected chi connectivity index (χ4v) is 6.96. The highest BCUT2D eigenvalue weighted by molar-refractivity contribution is 8.21. The number of piperidine rings is 1. The predicted octanol–water partition coefficient (Wildman–Crippen LogP) is 4.22. The monoisotopic (exact) mass is 362 g/mol. The van der Waals surface area contributed by atoms with E-state index in [0.29, 0.717) is 4.08 Å². The average molecular weight is 363 g/mol. The van der Waals surface area contributed by atoms with Crippen LogP contribution in [0.3, 0.4) is 0 Å². The average Bonchev–Trinajstić information content (AvgIpc) is 3.28. The van der Waals surface area contributed by atoms with Crippen LogP contribution in [0.1, 0.15) is 23.2 Å². The van der Waals surface area contributed by atoms with Crippen molar-refractivity contribution >= 4 is 41.0 Å². The summed E-state index contributed by atoms with van der Waals surface area (Å²) in [5, 5.41) is 0. The zero-order valence-electron chi connectivity index (χ0n) is 12.7. The van der Waals surface area contributed by atoms with E-state index in [0.717, 1.165) is 41.9 Å². The highest BCUT2D eigenvalue weighted by Crippen LogP contribution is 2.50. The Labute approximate surface area is 149 Å². The van der Waals surface area contributed by atoms with E-state index in [1.54, 1.807) is 6.20 Å². The summed E-state index contributed by atoms with van der Waals surface area (Å²) in [6.45, 7) is 1.76. The molecule has 120 valence electrons. The number of nitrogens with zero attached hydrogens (tertiary/aromatic N) is 2. The molecule has 3 heterocycles. The van der Waals surface area contributed by atoms with Crippen molar-refractivity contribution < 1.29 is 4.79 Å². The van der Waals surface area contributed by atoms with Gasteiger partial charge in [0.05, 0.1) is 8.96 Å². The Balaban J connectivity index is 1.48. The fourth-order valence-electron chi connectivity index (χ4n) is 3.19. The van der Waals surface area contributed by atoms with Crippen molar-refractivity contribution in [3.63, 3.8) is 0 Å². The number of hydrogen-bond donors (Lipinski definition) is 0. The summed E-state index contributed by atoms with van der Waals surface area (Å²) in [6.07, 6.45) is 4.03. The van der Waals surface area contributed by atoms with Gasteiger partial charge in [0.25, 0.3) is 5.91 Å². The van der Waals surface area contributed by atoms with Crippen LogP contribution < -0.4 is 0 Å². The van der Waals surface area contributed by atoms with Crippen molar-refractivity contribution in [1.82, 2.24) is 9.27 Å². The third-order valence-corrected chi connectivity index (χ3v) is 8.90. The number of hydrogen-bond acceptors (Lipinski definition) is 5. The number of benzene rings is 1. The van der Waals surface area contributed by atoms with Crippen LogP contribution in [0.5, 0.6) is 0 Å². The Morgan fingerprint density at radius 1 is 1.13 bits per heavy atom. The van der Waals surface area contributed by atoms with Crippen molar-refractivity contribution in [3.8, 4) is 10.4 Å². The van der Waals surface area contributed by atoms with E-state index < -0.39 is 0 Å². The molecule has 2 aliphatic heterocycles. The van der Waals surface area contributed by atoms with Gasteiger partial charge in [-0.15, -0.1) is 23.5 Å². The first-order valence-corrected chi connectivity index (χ1v) is 10.6. The maximum Gasteiger partial charge on any atom is 0.253 e. The number of thioether (sulfide) groups is 2. The molecule has 1 amide bonds. The lowest BCUT2D eigenvalue weighted by Crippen LogP contribution is -2.43. The maximum atomic E-state index is 12.8. The summed E-state index contributed by atoms with van der Waals surface area (Å²) in [7, 11) is 0. The molecule has 23 heavy (non-hydrogen) atoms. The summed E-state index contributed by atoms with van der Waals surface area (Å²) >= 11 is 5.65. The molecule has 1 aromatic carbocycles. The predicted molar refractivity (Wildman–Crippen MR) is 100 cm³/mol. The number of likely N-dealkylation sites (tertiary alicyclic amines) is 1. The van der Waals surface area contributed by atoms with E-state index in [1.807, 2.05) is 35.2 Å². The van der Waals surface area contributed by atoms with Crippen molar-refractivity contribution in [1.29, 1.82) is 0 Å². The Kier molecular flexibility index (Phi) is 4.39. The van der Waals surface area contributed by atoms with Crippen LogP contribution in [0.4, 0.5) is 0 Å². The molecular weight excluding hydrogens is 344 g/mol. The van der Waals surface area contributed by atoms with Gasteiger partial charge < -0.3 is 4.90 Å². The van der Waals surface area contributed by atoms with Crippen LogP contribution in [0.2, 0.25) is 0 Å². The van der Waals surface area contributed by atoms with Crippen LogP contribution in [0.25, 0.3) is 10.4 Å². The summed E-state index contributed by atoms with van der Waals surface area (Å²) in [6, 6.07) is 9.93. The lowest BCUT2D eigenvalue weighted by Gasteiger charge is -2.38. The highest BCUT2D eigenvalue weighted by Gasteiger charge is 2.39. The van der Waals surface area contributed by atoms with Crippen LogP contribution in [0.15, 0.2) is 36.5 Å². The number of amides is 1. The second kappa shape index (κ2) is 6.49. The Morgan fingerprint density at radius 2 is 1.91 bits per heavy atom. The first-order valence-electron chi connectivity index (χ1n) is 7.84. The molecule has 3 nitrogen and oxygen atoms in total. The second-order valence-electron chi connectivity index (χ2n) is 5.86. The molecule has 1 aromatic heterocycles. The van der Waals surface area contributed by atoms with E-state index in [9.17, 15) is 4.79 Å². The van der Waals surface area contributed by atoms with Gasteiger partial charge >= 0.3 is 0 Å². The van der Waals surface area contributed by atoms with Crippen molar-refractivity contribution in [2.45, 2.75) is 16.9 Å². The molecule has 0 N–H and O–H groups in total. The quantitative estimate of drug-likeness (QED) is 0.801. The van der Waals surface area contributed by atoms with Gasteiger partial charge in [0.2, 0.25) is 0 Å². The molecule has 2 fully saturated rings. The molecule has 0 radical (unpaired) electrons. The molecule has 1 spiro atoms. The zero-order valence-corrected chi connectivity index (χ0v) is 15.2. The lowest BCUT2D eigenvalue weighted by atomic mass is 10.1. The topological polar surface area (TPSA) is 33.2 Å². The first kappa shape index (κ1) is 15.5. The molecular formula is C17H18N2OS3. The van der Waals surface area contributed by atoms with E-state index in [1.165, 1.54) is 23.0 Å². The number of rotatable bonds is 2. The van der Waals surface area contributed by atoms with E-state index in [2.05, 4.69) is 27.9 Å². The van der Waals surface area contributed by atoms with E-state index >= 15 is 0 Å². The summed E-state index contributed by atoms with van der Waals surface area (Å²) in [5.41, 5.74) is 1.87. The molecule has 4 rings (SSSR count). The third kappa shape index (κ3) is 3.16. The lowest BCUT2D eigenvalue weighted by molar-refractivity contribution is 0.0723. The SMILES string of the molecule is O=C(c1cccc(-c2ccns2)c1)N1CCC2(CC1)SCCS2. The largest absolute Gasteiger partial charge is 0.338 e. The molecule has 0 atom stereocenters. The molecule has 2 aliphatic rings. The van der Waals surface area contributed by atoms with Gasteiger partial charge in [-0.25, -0.2) is 4.37 Å². The molecule has 0 bridgehead atoms. The normalized spacial score (nSPS) is 20.1. The van der Waals surface area contributed by atoms with Crippen LogP contribution in [-0.2, 0) is 0 Å². The van der Waals surface area contributed by atoms with Crippen LogP contribution in [-0.4, -0.2) is 43.9 Å². The first-order chi connectivity index (χ1) is 11.3. The minimum absolute atomic E-state index is 0.166. The van der Waals surface area contributed by atoms with Gasteiger partial charge in [0.15, 0.2) is 0 Å². The molecule has 2 aromatic rings. The maximum absolute atomic E-state index is 12.8. The van der Waals surface area contributed by atoms with Gasteiger partial charge in [-0.2, -0.15) is 0 Å². The highest BCUT2D eigenvalue weighted by atomic mass is 32.2. The van der Waals surface area contributed by atoms with Crippen molar-refractivity contribution in [2.75, 3.05) is 24.6 Å². The number of carbonyl (C=O) groups excluding carboxylic acids is 1. The van der Waals surface area contributed by atoms with Crippen LogP contribution in [0, 0.1) is 0 Å². The Morgan fingerprint density at radius 3 is 2.61 bits per heavy atom. The Hall–Kier alpha value is -0.980. The fraction of sp³-hybridized carbons (Fsp3) is 0.412. The van der Waals surface area contributed by atoms with Crippen molar-refractivity contribution in [2.24, 2.45) is 0 Å².